The number of nitrogens with zero attached hydrogens (tertiary/aromatic N) is 2. The van der Waals surface area contributed by atoms with Crippen molar-refractivity contribution in [2.24, 2.45) is 0 Å². The second-order valence-corrected chi connectivity index (χ2v) is 4.09. The number of hydrogen-bond acceptors (Lipinski definition) is 4. The normalized spacial score (nSPS) is 10.3. The molecule has 0 atom stereocenters. The van der Waals surface area contributed by atoms with Crippen LogP contribution in [0, 0.1) is 11.6 Å². The molecule has 3 N–H and O–H groups in total. The van der Waals surface area contributed by atoms with Crippen LogP contribution in [0.3, 0.4) is 0 Å². The van der Waals surface area contributed by atoms with Crippen molar-refractivity contribution >= 4 is 33.4 Å². The van der Waals surface area contributed by atoms with E-state index in [1.54, 1.807) is 0 Å². The molecule has 2 aromatic rings. The lowest BCUT2D eigenvalue weighted by atomic mass is 10.3. The van der Waals surface area contributed by atoms with Gasteiger partial charge in [0.25, 0.3) is 0 Å². The van der Waals surface area contributed by atoms with Crippen molar-refractivity contribution in [1.29, 1.82) is 0 Å². The molecule has 0 saturated heterocycles. The molecule has 1 aromatic carbocycles. The van der Waals surface area contributed by atoms with Crippen LogP contribution >= 0.6 is 15.9 Å². The first-order chi connectivity index (χ1) is 8.06. The van der Waals surface area contributed by atoms with E-state index in [1.807, 2.05) is 0 Å². The molecule has 0 aliphatic heterocycles. The summed E-state index contributed by atoms with van der Waals surface area (Å²) in [5.41, 5.74) is 5.07. The van der Waals surface area contributed by atoms with Crippen molar-refractivity contribution in [3.8, 4) is 0 Å². The highest BCUT2D eigenvalue weighted by Gasteiger charge is 2.11. The Balaban J connectivity index is 2.36. The van der Waals surface area contributed by atoms with Gasteiger partial charge in [0, 0.05) is 10.7 Å². The third-order valence-electron chi connectivity index (χ3n) is 1.93. The Hall–Kier alpha value is -1.76. The number of nitrogen functional groups attached to an aromatic ring is 1. The number of nitrogens with one attached hydrogen (secondary N) is 1. The van der Waals surface area contributed by atoms with Crippen molar-refractivity contribution in [1.82, 2.24) is 9.97 Å². The van der Waals surface area contributed by atoms with Crippen LogP contribution in [0.2, 0.25) is 0 Å². The summed E-state index contributed by atoms with van der Waals surface area (Å²) in [7, 11) is 0. The van der Waals surface area contributed by atoms with E-state index in [0.29, 0.717) is 4.47 Å². The zero-order valence-electron chi connectivity index (χ0n) is 8.42. The summed E-state index contributed by atoms with van der Waals surface area (Å²) in [5, 5.41) is 2.51. The molecule has 0 fully saturated rings. The third-order valence-corrected chi connectivity index (χ3v) is 2.39. The number of nitrogens with two attached hydrogens (primary N) is 1. The molecule has 1 heterocycles. The summed E-state index contributed by atoms with van der Waals surface area (Å²) in [6.07, 6.45) is 1.39. The van der Waals surface area contributed by atoms with Crippen molar-refractivity contribution in [3.05, 3.63) is 40.5 Å². The van der Waals surface area contributed by atoms with Crippen LogP contribution in [0.4, 0.5) is 26.2 Å². The van der Waals surface area contributed by atoms with E-state index in [9.17, 15) is 8.78 Å². The highest BCUT2D eigenvalue weighted by atomic mass is 79.9. The molecule has 0 spiro atoms. The molecule has 0 aliphatic carbocycles. The third kappa shape index (κ3) is 2.68. The molecule has 88 valence electrons. The van der Waals surface area contributed by atoms with Crippen LogP contribution < -0.4 is 11.1 Å². The van der Waals surface area contributed by atoms with Crippen molar-refractivity contribution < 1.29 is 8.78 Å². The van der Waals surface area contributed by atoms with Gasteiger partial charge in [-0.25, -0.2) is 13.8 Å². The Morgan fingerprint density at radius 1 is 1.24 bits per heavy atom. The number of rotatable bonds is 2. The predicted molar refractivity (Wildman–Crippen MR) is 63.8 cm³/mol. The van der Waals surface area contributed by atoms with Gasteiger partial charge in [-0.3, -0.25) is 0 Å². The highest BCUT2D eigenvalue weighted by Crippen LogP contribution is 2.26. The monoisotopic (exact) mass is 300 g/mol. The van der Waals surface area contributed by atoms with E-state index >= 15 is 0 Å². The van der Waals surface area contributed by atoms with Crippen LogP contribution in [0.5, 0.6) is 0 Å². The van der Waals surface area contributed by atoms with Gasteiger partial charge in [0.05, 0.1) is 0 Å². The van der Waals surface area contributed by atoms with E-state index in [1.165, 1.54) is 12.3 Å². The molecule has 0 saturated carbocycles. The van der Waals surface area contributed by atoms with Crippen molar-refractivity contribution in [2.45, 2.75) is 0 Å². The Kier molecular flexibility index (Phi) is 3.19. The van der Waals surface area contributed by atoms with Crippen LogP contribution in [0.15, 0.2) is 28.9 Å². The lowest BCUT2D eigenvalue weighted by Crippen LogP contribution is -2.02. The minimum absolute atomic E-state index is 0.0212. The van der Waals surface area contributed by atoms with Gasteiger partial charge in [-0.1, -0.05) is 15.9 Å². The number of benzene rings is 1. The Morgan fingerprint density at radius 2 is 1.88 bits per heavy atom. The molecule has 0 bridgehead atoms. The smallest absolute Gasteiger partial charge is 0.221 e. The molecule has 0 unspecified atom stereocenters. The molecule has 17 heavy (non-hydrogen) atoms. The van der Waals surface area contributed by atoms with E-state index in [2.05, 4.69) is 31.2 Å². The SMILES string of the molecule is Nc1nccc(Nc2c(F)cc(Br)cc2F)n1. The van der Waals surface area contributed by atoms with E-state index in [-0.39, 0.29) is 17.5 Å². The zero-order chi connectivity index (χ0) is 12.4. The summed E-state index contributed by atoms with van der Waals surface area (Å²) >= 11 is 2.99. The molecule has 0 amide bonds. The summed E-state index contributed by atoms with van der Waals surface area (Å²) in [4.78, 5) is 7.46. The standard InChI is InChI=1S/C10H7BrF2N4/c11-5-3-6(12)9(7(13)4-5)16-8-1-2-15-10(14)17-8/h1-4H,(H3,14,15,16,17). The van der Waals surface area contributed by atoms with Gasteiger partial charge in [-0.15, -0.1) is 0 Å². The highest BCUT2D eigenvalue weighted by molar-refractivity contribution is 9.10. The second-order valence-electron chi connectivity index (χ2n) is 3.17. The lowest BCUT2D eigenvalue weighted by molar-refractivity contribution is 0.589. The topological polar surface area (TPSA) is 63.8 Å². The molecular weight excluding hydrogens is 294 g/mol. The van der Waals surface area contributed by atoms with Crippen molar-refractivity contribution in [2.75, 3.05) is 11.1 Å². The summed E-state index contributed by atoms with van der Waals surface area (Å²) in [5.74, 6) is -1.21. The fourth-order valence-corrected chi connectivity index (χ4v) is 1.64. The van der Waals surface area contributed by atoms with Crippen LogP contribution in [0.25, 0.3) is 0 Å². The largest absolute Gasteiger partial charge is 0.368 e. The molecule has 0 radical (unpaired) electrons. The van der Waals surface area contributed by atoms with Gasteiger partial charge in [-0.2, -0.15) is 4.98 Å². The number of hydrogen-bond donors (Lipinski definition) is 2. The minimum Gasteiger partial charge on any atom is -0.368 e. The molecule has 4 nitrogen and oxygen atoms in total. The Bertz CT molecular complexity index is 539. The number of halogens is 3. The Morgan fingerprint density at radius 3 is 2.47 bits per heavy atom. The molecule has 0 aliphatic rings. The first-order valence-electron chi connectivity index (χ1n) is 4.56. The van der Waals surface area contributed by atoms with Gasteiger partial charge in [-0.05, 0) is 18.2 Å². The average molecular weight is 301 g/mol. The van der Waals surface area contributed by atoms with Gasteiger partial charge in [0.15, 0.2) is 11.6 Å². The summed E-state index contributed by atoms with van der Waals surface area (Å²) < 4.78 is 27.3. The van der Waals surface area contributed by atoms with Gasteiger partial charge in [0.1, 0.15) is 11.5 Å². The van der Waals surface area contributed by atoms with E-state index < -0.39 is 11.6 Å². The summed E-state index contributed by atoms with van der Waals surface area (Å²) in [6.45, 7) is 0. The number of anilines is 3. The minimum atomic E-state index is -0.728. The van der Waals surface area contributed by atoms with E-state index in [4.69, 9.17) is 5.73 Å². The molecule has 1 aromatic heterocycles. The Labute approximate surface area is 104 Å². The maximum Gasteiger partial charge on any atom is 0.221 e. The maximum atomic E-state index is 13.5. The maximum absolute atomic E-state index is 13.5. The van der Waals surface area contributed by atoms with Crippen molar-refractivity contribution in [3.63, 3.8) is 0 Å². The van der Waals surface area contributed by atoms with E-state index in [0.717, 1.165) is 12.1 Å². The first kappa shape index (κ1) is 11.7. The number of aromatic nitrogens is 2. The first-order valence-corrected chi connectivity index (χ1v) is 5.35. The average Bonchev–Trinajstić information content (AvgIpc) is 2.23. The predicted octanol–water partition coefficient (Wildman–Crippen LogP) is 2.84. The van der Waals surface area contributed by atoms with Gasteiger partial charge < -0.3 is 11.1 Å². The fourth-order valence-electron chi connectivity index (χ4n) is 1.23. The van der Waals surface area contributed by atoms with Gasteiger partial charge >= 0.3 is 0 Å². The second kappa shape index (κ2) is 4.62. The molecular formula is C10H7BrF2N4. The zero-order valence-corrected chi connectivity index (χ0v) is 10.0. The van der Waals surface area contributed by atoms with Crippen LogP contribution in [0.1, 0.15) is 0 Å². The van der Waals surface area contributed by atoms with Gasteiger partial charge in [0.2, 0.25) is 5.95 Å². The lowest BCUT2D eigenvalue weighted by Gasteiger charge is -2.08. The quantitative estimate of drug-likeness (QED) is 0.895. The molecule has 7 heteroatoms. The summed E-state index contributed by atoms with van der Waals surface area (Å²) in [6, 6.07) is 3.75. The van der Waals surface area contributed by atoms with Crippen LogP contribution in [-0.4, -0.2) is 9.97 Å². The fraction of sp³-hybridized carbons (Fsp3) is 0. The van der Waals surface area contributed by atoms with Crippen LogP contribution in [-0.2, 0) is 0 Å². The molecule has 2 rings (SSSR count).